The molecule has 1 aromatic carbocycles. The van der Waals surface area contributed by atoms with Crippen LogP contribution in [0.2, 0.25) is 0 Å². The van der Waals surface area contributed by atoms with Gasteiger partial charge in [0.2, 0.25) is 0 Å². The first kappa shape index (κ1) is 20.6. The quantitative estimate of drug-likeness (QED) is 0.606. The van der Waals surface area contributed by atoms with Crippen molar-refractivity contribution >= 4 is 17.9 Å². The van der Waals surface area contributed by atoms with Crippen molar-refractivity contribution in [2.45, 2.75) is 78.1 Å². The van der Waals surface area contributed by atoms with E-state index in [0.717, 1.165) is 36.8 Å². The molecular weight excluding hydrogens is 356 g/mol. The van der Waals surface area contributed by atoms with Gasteiger partial charge in [-0.1, -0.05) is 33.3 Å². The van der Waals surface area contributed by atoms with Crippen molar-refractivity contribution in [3.05, 3.63) is 34.4 Å². The number of carbonyl (C=O) groups excluding carboxylic acids is 2. The number of rotatable bonds is 3. The molecule has 1 fully saturated rings. The summed E-state index contributed by atoms with van der Waals surface area (Å²) in [6, 6.07) is 3.91. The maximum absolute atomic E-state index is 12.8. The first-order chi connectivity index (χ1) is 13.0. The fourth-order valence-electron chi connectivity index (χ4n) is 5.69. The molecule has 3 unspecified atom stereocenters. The molecule has 0 aliphatic heterocycles. The van der Waals surface area contributed by atoms with Gasteiger partial charge in [-0.2, -0.15) is 0 Å². The molecule has 0 radical (unpaired) electrons. The van der Waals surface area contributed by atoms with Gasteiger partial charge in [0.05, 0.1) is 11.0 Å². The average Bonchev–Trinajstić information content (AvgIpc) is 2.59. The molecule has 0 spiro atoms. The summed E-state index contributed by atoms with van der Waals surface area (Å²) < 4.78 is 5.02. The zero-order valence-corrected chi connectivity index (χ0v) is 17.4. The van der Waals surface area contributed by atoms with Gasteiger partial charge in [0.25, 0.3) is 0 Å². The van der Waals surface area contributed by atoms with Crippen LogP contribution in [0.5, 0.6) is 0 Å². The lowest BCUT2D eigenvalue weighted by Gasteiger charge is -2.54. The topological polar surface area (TPSA) is 80.7 Å². The predicted octanol–water partition coefficient (Wildman–Crippen LogP) is 4.61. The molecule has 0 saturated heterocycles. The Morgan fingerprint density at radius 3 is 2.43 bits per heavy atom. The van der Waals surface area contributed by atoms with Gasteiger partial charge in [-0.3, -0.25) is 9.59 Å². The Morgan fingerprint density at radius 2 is 1.86 bits per heavy atom. The van der Waals surface area contributed by atoms with Gasteiger partial charge in [0.1, 0.15) is 0 Å². The van der Waals surface area contributed by atoms with Crippen LogP contribution in [0.1, 0.15) is 93.3 Å². The SMILES string of the molecule is CC(=O)OC(=O)C1(C)CCCC2(C)c3cc(C(=O)O)c(C(C)C)cc3CCC12. The number of hydrogen-bond acceptors (Lipinski definition) is 4. The van der Waals surface area contributed by atoms with E-state index in [9.17, 15) is 19.5 Å². The summed E-state index contributed by atoms with van der Waals surface area (Å²) in [5, 5.41) is 9.77. The van der Waals surface area contributed by atoms with Gasteiger partial charge in [-0.05, 0) is 72.6 Å². The minimum Gasteiger partial charge on any atom is -0.478 e. The van der Waals surface area contributed by atoms with E-state index in [-0.39, 0.29) is 17.3 Å². The van der Waals surface area contributed by atoms with E-state index in [2.05, 4.69) is 13.0 Å². The molecular formula is C23H30O5. The summed E-state index contributed by atoms with van der Waals surface area (Å²) in [6.45, 7) is 9.33. The molecule has 3 atom stereocenters. The number of carboxylic acid groups (broad SMARTS) is 1. The van der Waals surface area contributed by atoms with Gasteiger partial charge < -0.3 is 9.84 Å². The Bertz CT molecular complexity index is 840. The number of aryl methyl sites for hydroxylation is 1. The summed E-state index contributed by atoms with van der Waals surface area (Å²) >= 11 is 0. The van der Waals surface area contributed by atoms with E-state index in [1.165, 1.54) is 12.5 Å². The van der Waals surface area contributed by atoms with Crippen LogP contribution in [0, 0.1) is 11.3 Å². The molecule has 1 aromatic rings. The van der Waals surface area contributed by atoms with Gasteiger partial charge in [0.15, 0.2) is 0 Å². The van der Waals surface area contributed by atoms with Crippen LogP contribution in [0.4, 0.5) is 0 Å². The maximum Gasteiger partial charge on any atom is 0.335 e. The predicted molar refractivity (Wildman–Crippen MR) is 105 cm³/mol. The van der Waals surface area contributed by atoms with Crippen molar-refractivity contribution in [2.75, 3.05) is 0 Å². The Kier molecular flexibility index (Phi) is 5.15. The number of hydrogen-bond donors (Lipinski definition) is 1. The summed E-state index contributed by atoms with van der Waals surface area (Å²) in [4.78, 5) is 36.1. The highest BCUT2D eigenvalue weighted by molar-refractivity contribution is 5.90. The number of fused-ring (bicyclic) bond motifs is 3. The lowest BCUT2D eigenvalue weighted by atomic mass is 9.49. The number of aromatic carboxylic acids is 1. The van der Waals surface area contributed by atoms with Crippen molar-refractivity contribution in [3.63, 3.8) is 0 Å². The Morgan fingerprint density at radius 1 is 1.18 bits per heavy atom. The third kappa shape index (κ3) is 3.15. The number of carboxylic acids is 1. The van der Waals surface area contributed by atoms with E-state index in [4.69, 9.17) is 4.74 Å². The van der Waals surface area contributed by atoms with Gasteiger partial charge in [-0.25, -0.2) is 4.79 Å². The zero-order valence-electron chi connectivity index (χ0n) is 17.4. The van der Waals surface area contributed by atoms with E-state index >= 15 is 0 Å². The normalized spacial score (nSPS) is 29.0. The third-order valence-electron chi connectivity index (χ3n) is 7.08. The Balaban J connectivity index is 2.12. The first-order valence-corrected chi connectivity index (χ1v) is 10.1. The summed E-state index contributed by atoms with van der Waals surface area (Å²) in [7, 11) is 0. The molecule has 1 saturated carbocycles. The number of ether oxygens (including phenoxy) is 1. The molecule has 0 aromatic heterocycles. The number of esters is 2. The second-order valence-electron chi connectivity index (χ2n) is 9.22. The van der Waals surface area contributed by atoms with Crippen molar-refractivity contribution in [1.29, 1.82) is 0 Å². The minimum atomic E-state index is -0.910. The van der Waals surface area contributed by atoms with Gasteiger partial charge >= 0.3 is 17.9 Å². The van der Waals surface area contributed by atoms with Crippen molar-refractivity contribution in [2.24, 2.45) is 11.3 Å². The smallest absolute Gasteiger partial charge is 0.335 e. The van der Waals surface area contributed by atoms with E-state index in [1.54, 1.807) is 0 Å². The van der Waals surface area contributed by atoms with Crippen LogP contribution in [0.25, 0.3) is 0 Å². The Hall–Kier alpha value is -2.17. The largest absolute Gasteiger partial charge is 0.478 e. The van der Waals surface area contributed by atoms with Crippen LogP contribution in [-0.4, -0.2) is 23.0 Å². The monoisotopic (exact) mass is 386 g/mol. The number of benzene rings is 1. The molecule has 0 heterocycles. The highest BCUT2D eigenvalue weighted by Gasteiger charge is 2.56. The lowest BCUT2D eigenvalue weighted by molar-refractivity contribution is -0.172. The molecule has 1 N–H and O–H groups in total. The van der Waals surface area contributed by atoms with Crippen molar-refractivity contribution < 1.29 is 24.2 Å². The first-order valence-electron chi connectivity index (χ1n) is 10.1. The highest BCUT2D eigenvalue weighted by atomic mass is 16.6. The van der Waals surface area contributed by atoms with Crippen LogP contribution < -0.4 is 0 Å². The second kappa shape index (κ2) is 7.02. The van der Waals surface area contributed by atoms with Crippen LogP contribution in [0.15, 0.2) is 12.1 Å². The molecule has 2 aliphatic rings. The highest BCUT2D eigenvalue weighted by Crippen LogP contribution is 2.58. The maximum atomic E-state index is 12.8. The summed E-state index contributed by atoms with van der Waals surface area (Å²) in [6.07, 6.45) is 4.05. The third-order valence-corrected chi connectivity index (χ3v) is 7.08. The van der Waals surface area contributed by atoms with Gasteiger partial charge in [-0.15, -0.1) is 0 Å². The second-order valence-corrected chi connectivity index (χ2v) is 9.22. The van der Waals surface area contributed by atoms with Crippen LogP contribution in [-0.2, 0) is 26.2 Å². The molecule has 5 heteroatoms. The Labute approximate surface area is 166 Å². The average molecular weight is 386 g/mol. The van der Waals surface area contributed by atoms with E-state index in [0.29, 0.717) is 12.0 Å². The summed E-state index contributed by atoms with van der Waals surface area (Å²) in [5.41, 5.74) is 2.41. The van der Waals surface area contributed by atoms with Crippen molar-refractivity contribution in [1.82, 2.24) is 0 Å². The zero-order chi connectivity index (χ0) is 20.9. The number of carbonyl (C=O) groups is 3. The molecule has 0 amide bonds. The summed E-state index contributed by atoms with van der Waals surface area (Å²) in [5.74, 6) is -1.79. The minimum absolute atomic E-state index is 0.0136. The molecule has 152 valence electrons. The van der Waals surface area contributed by atoms with Gasteiger partial charge in [0, 0.05) is 6.92 Å². The molecule has 2 aliphatic carbocycles. The standard InChI is InChI=1S/C23H30O5/c1-13(2)16-11-15-7-8-19-22(4,18(15)12-17(16)20(25)26)9-6-10-23(19,5)21(27)28-14(3)24/h11-13,19H,6-10H2,1-5H3,(H,25,26). The fraction of sp³-hybridized carbons (Fsp3) is 0.609. The van der Waals surface area contributed by atoms with Crippen LogP contribution >= 0.6 is 0 Å². The molecule has 3 rings (SSSR count). The van der Waals surface area contributed by atoms with E-state index in [1.807, 2.05) is 26.8 Å². The van der Waals surface area contributed by atoms with Crippen molar-refractivity contribution in [3.8, 4) is 0 Å². The molecule has 0 bridgehead atoms. The fourth-order valence-corrected chi connectivity index (χ4v) is 5.69. The molecule has 28 heavy (non-hydrogen) atoms. The molecule has 5 nitrogen and oxygen atoms in total. The van der Waals surface area contributed by atoms with Crippen LogP contribution in [0.3, 0.4) is 0 Å². The lowest BCUT2D eigenvalue weighted by Crippen LogP contribution is -2.53. The van der Waals surface area contributed by atoms with E-state index < -0.39 is 23.3 Å².